The van der Waals surface area contributed by atoms with Crippen LogP contribution in [0.25, 0.3) is 11.1 Å². The van der Waals surface area contributed by atoms with Crippen LogP contribution in [0.1, 0.15) is 41.8 Å². The zero-order valence-corrected chi connectivity index (χ0v) is 14.4. The molecule has 0 amide bonds. The van der Waals surface area contributed by atoms with Crippen LogP contribution in [0.5, 0.6) is 5.88 Å². The molecule has 128 valence electrons. The second-order valence-electron chi connectivity index (χ2n) is 6.70. The Morgan fingerprint density at radius 2 is 2.20 bits per heavy atom. The van der Waals surface area contributed by atoms with Gasteiger partial charge in [-0.15, -0.1) is 0 Å². The first kappa shape index (κ1) is 16.0. The Kier molecular flexibility index (Phi) is 4.37. The minimum absolute atomic E-state index is 0.0201. The SMILES string of the molecule is Cc1cc(-c2c(C#N)c(O[C@H]3CCOC3)nc3c2CCCC3)ccn1. The molecule has 1 saturated heterocycles. The number of nitriles is 1. The van der Waals surface area contributed by atoms with Gasteiger partial charge in [-0.05, 0) is 55.9 Å². The van der Waals surface area contributed by atoms with Crippen molar-refractivity contribution in [3.8, 4) is 23.1 Å². The van der Waals surface area contributed by atoms with Gasteiger partial charge in [0, 0.05) is 29.6 Å². The van der Waals surface area contributed by atoms with Gasteiger partial charge in [0.25, 0.3) is 0 Å². The predicted octanol–water partition coefficient (Wildman–Crippen LogP) is 3.37. The molecular weight excluding hydrogens is 314 g/mol. The fourth-order valence-corrected chi connectivity index (χ4v) is 3.69. The summed E-state index contributed by atoms with van der Waals surface area (Å²) in [5.74, 6) is 0.461. The topological polar surface area (TPSA) is 68.0 Å². The molecule has 0 aromatic carbocycles. The van der Waals surface area contributed by atoms with E-state index in [-0.39, 0.29) is 6.10 Å². The molecule has 0 N–H and O–H groups in total. The predicted molar refractivity (Wildman–Crippen MR) is 93.4 cm³/mol. The number of aromatic nitrogens is 2. The number of hydrogen-bond acceptors (Lipinski definition) is 5. The van der Waals surface area contributed by atoms with E-state index in [0.29, 0.717) is 24.7 Å². The van der Waals surface area contributed by atoms with Gasteiger partial charge in [0.1, 0.15) is 17.7 Å². The van der Waals surface area contributed by atoms with Crippen LogP contribution in [0, 0.1) is 18.3 Å². The second-order valence-corrected chi connectivity index (χ2v) is 6.70. The van der Waals surface area contributed by atoms with E-state index in [1.807, 2.05) is 19.1 Å². The summed E-state index contributed by atoms with van der Waals surface area (Å²) in [5.41, 5.74) is 5.75. The molecule has 2 aromatic heterocycles. The molecular formula is C20H21N3O2. The first-order chi connectivity index (χ1) is 12.3. The van der Waals surface area contributed by atoms with Crippen molar-refractivity contribution in [1.82, 2.24) is 9.97 Å². The fourth-order valence-electron chi connectivity index (χ4n) is 3.69. The maximum absolute atomic E-state index is 9.89. The standard InChI is InChI=1S/C20H21N3O2/c1-13-10-14(6-8-22-13)19-16-4-2-3-5-18(16)23-20(17(19)11-21)25-15-7-9-24-12-15/h6,8,10,15H,2-5,7,9,12H2,1H3/t15-/m0/s1. The van der Waals surface area contributed by atoms with E-state index in [0.717, 1.165) is 54.6 Å². The number of hydrogen-bond donors (Lipinski definition) is 0. The summed E-state index contributed by atoms with van der Waals surface area (Å²) in [6.45, 7) is 3.23. The number of pyridine rings is 2. The monoisotopic (exact) mass is 335 g/mol. The normalized spacial score (nSPS) is 19.3. The highest BCUT2D eigenvalue weighted by Crippen LogP contribution is 2.38. The molecule has 25 heavy (non-hydrogen) atoms. The highest BCUT2D eigenvalue weighted by Gasteiger charge is 2.26. The van der Waals surface area contributed by atoms with E-state index in [1.165, 1.54) is 5.56 Å². The molecule has 2 aromatic rings. The molecule has 1 aliphatic heterocycles. The van der Waals surface area contributed by atoms with Crippen molar-refractivity contribution in [3.63, 3.8) is 0 Å². The average Bonchev–Trinajstić information content (AvgIpc) is 3.13. The minimum atomic E-state index is -0.0201. The van der Waals surface area contributed by atoms with E-state index in [1.54, 1.807) is 6.20 Å². The van der Waals surface area contributed by atoms with Crippen molar-refractivity contribution >= 4 is 0 Å². The molecule has 0 radical (unpaired) electrons. The maximum atomic E-state index is 9.89. The van der Waals surface area contributed by atoms with Crippen LogP contribution < -0.4 is 4.74 Å². The Bertz CT molecular complexity index is 836. The van der Waals surface area contributed by atoms with Gasteiger partial charge in [0.05, 0.1) is 13.2 Å². The van der Waals surface area contributed by atoms with Gasteiger partial charge < -0.3 is 9.47 Å². The van der Waals surface area contributed by atoms with Crippen molar-refractivity contribution < 1.29 is 9.47 Å². The molecule has 1 fully saturated rings. The van der Waals surface area contributed by atoms with Gasteiger partial charge in [-0.3, -0.25) is 4.98 Å². The Hall–Kier alpha value is -2.45. The molecule has 0 bridgehead atoms. The average molecular weight is 335 g/mol. The molecule has 5 heteroatoms. The number of nitrogens with zero attached hydrogens (tertiary/aromatic N) is 3. The van der Waals surface area contributed by atoms with Crippen molar-refractivity contribution in [3.05, 3.63) is 40.8 Å². The number of rotatable bonds is 3. The summed E-state index contributed by atoms with van der Waals surface area (Å²) in [6.07, 6.45) is 6.78. The number of ether oxygens (including phenoxy) is 2. The number of aryl methyl sites for hydroxylation is 2. The molecule has 3 heterocycles. The van der Waals surface area contributed by atoms with Crippen molar-refractivity contribution in [1.29, 1.82) is 5.26 Å². The maximum Gasteiger partial charge on any atom is 0.232 e. The lowest BCUT2D eigenvalue weighted by molar-refractivity contribution is 0.137. The quantitative estimate of drug-likeness (QED) is 0.860. The number of fused-ring (bicyclic) bond motifs is 1. The van der Waals surface area contributed by atoms with Gasteiger partial charge in [-0.25, -0.2) is 4.98 Å². The third-order valence-corrected chi connectivity index (χ3v) is 4.90. The van der Waals surface area contributed by atoms with Crippen LogP contribution in [-0.4, -0.2) is 29.3 Å². The molecule has 1 atom stereocenters. The van der Waals surface area contributed by atoms with Gasteiger partial charge in [0.15, 0.2) is 0 Å². The smallest absolute Gasteiger partial charge is 0.232 e. The molecule has 0 spiro atoms. The summed E-state index contributed by atoms with van der Waals surface area (Å²) in [7, 11) is 0. The zero-order chi connectivity index (χ0) is 17.2. The van der Waals surface area contributed by atoms with Crippen LogP contribution in [0.15, 0.2) is 18.3 Å². The van der Waals surface area contributed by atoms with E-state index in [2.05, 4.69) is 11.1 Å². The van der Waals surface area contributed by atoms with E-state index >= 15 is 0 Å². The summed E-state index contributed by atoms with van der Waals surface area (Å²) in [6, 6.07) is 6.37. The van der Waals surface area contributed by atoms with E-state index in [4.69, 9.17) is 14.5 Å². The summed E-state index contributed by atoms with van der Waals surface area (Å²) >= 11 is 0. The zero-order valence-electron chi connectivity index (χ0n) is 14.4. The van der Waals surface area contributed by atoms with Gasteiger partial charge in [-0.1, -0.05) is 0 Å². The summed E-state index contributed by atoms with van der Waals surface area (Å²) in [5, 5.41) is 9.89. The lowest BCUT2D eigenvalue weighted by Crippen LogP contribution is -2.19. The Balaban J connectivity index is 1.88. The molecule has 0 saturated carbocycles. The van der Waals surface area contributed by atoms with Gasteiger partial charge in [0.2, 0.25) is 5.88 Å². The van der Waals surface area contributed by atoms with Crippen molar-refractivity contribution in [2.45, 2.75) is 45.1 Å². The van der Waals surface area contributed by atoms with Crippen LogP contribution in [0.2, 0.25) is 0 Å². The molecule has 0 unspecified atom stereocenters. The van der Waals surface area contributed by atoms with Crippen LogP contribution >= 0.6 is 0 Å². The van der Waals surface area contributed by atoms with E-state index < -0.39 is 0 Å². The van der Waals surface area contributed by atoms with Crippen LogP contribution in [0.4, 0.5) is 0 Å². The third-order valence-electron chi connectivity index (χ3n) is 4.90. The largest absolute Gasteiger partial charge is 0.471 e. The van der Waals surface area contributed by atoms with Crippen LogP contribution in [0.3, 0.4) is 0 Å². The highest BCUT2D eigenvalue weighted by molar-refractivity contribution is 5.77. The summed E-state index contributed by atoms with van der Waals surface area (Å²) < 4.78 is 11.5. The minimum Gasteiger partial charge on any atom is -0.471 e. The molecule has 1 aliphatic carbocycles. The second kappa shape index (κ2) is 6.81. The van der Waals surface area contributed by atoms with Gasteiger partial charge in [-0.2, -0.15) is 5.26 Å². The first-order valence-corrected chi connectivity index (χ1v) is 8.89. The van der Waals surface area contributed by atoms with Gasteiger partial charge >= 0.3 is 0 Å². The third kappa shape index (κ3) is 3.10. The lowest BCUT2D eigenvalue weighted by atomic mass is 9.87. The van der Waals surface area contributed by atoms with Crippen molar-refractivity contribution in [2.75, 3.05) is 13.2 Å². The fraction of sp³-hybridized carbons (Fsp3) is 0.450. The van der Waals surface area contributed by atoms with Crippen LogP contribution in [-0.2, 0) is 17.6 Å². The highest BCUT2D eigenvalue weighted by atomic mass is 16.5. The van der Waals surface area contributed by atoms with E-state index in [9.17, 15) is 5.26 Å². The Labute approximate surface area is 147 Å². The lowest BCUT2D eigenvalue weighted by Gasteiger charge is -2.23. The Morgan fingerprint density at radius 1 is 1.32 bits per heavy atom. The van der Waals surface area contributed by atoms with Crippen molar-refractivity contribution in [2.24, 2.45) is 0 Å². The first-order valence-electron chi connectivity index (χ1n) is 8.89. The molecule has 5 nitrogen and oxygen atoms in total. The molecule has 2 aliphatic rings. The Morgan fingerprint density at radius 3 is 2.96 bits per heavy atom. The summed E-state index contributed by atoms with van der Waals surface area (Å²) in [4.78, 5) is 9.03. The molecule has 4 rings (SSSR count).